The minimum absolute atomic E-state index is 0.0965. The SMILES string of the molecule is CC(=O)Oc1ccc(C(=O)N[C@@H](C(N)=O)[C@H](C)CC#N)cc1. The molecule has 0 fully saturated rings. The van der Waals surface area contributed by atoms with Gasteiger partial charge < -0.3 is 15.8 Å². The van der Waals surface area contributed by atoms with Crippen LogP contribution in [0.5, 0.6) is 5.75 Å². The molecule has 7 nitrogen and oxygen atoms in total. The highest BCUT2D eigenvalue weighted by Gasteiger charge is 2.25. The predicted molar refractivity (Wildman–Crippen MR) is 77.6 cm³/mol. The third-order valence-corrected chi connectivity index (χ3v) is 2.95. The maximum Gasteiger partial charge on any atom is 0.308 e. The van der Waals surface area contributed by atoms with E-state index >= 15 is 0 Å². The molecular weight excluding hydrogens is 286 g/mol. The Bertz CT molecular complexity index is 604. The van der Waals surface area contributed by atoms with Gasteiger partial charge in [-0.15, -0.1) is 0 Å². The van der Waals surface area contributed by atoms with E-state index in [-0.39, 0.29) is 12.0 Å². The second kappa shape index (κ2) is 7.78. The Hall–Kier alpha value is -2.88. The maximum absolute atomic E-state index is 12.1. The van der Waals surface area contributed by atoms with Crippen molar-refractivity contribution in [2.75, 3.05) is 0 Å². The summed E-state index contributed by atoms with van der Waals surface area (Å²) in [5.41, 5.74) is 5.54. The van der Waals surface area contributed by atoms with Gasteiger partial charge in [0, 0.05) is 18.9 Å². The summed E-state index contributed by atoms with van der Waals surface area (Å²) in [7, 11) is 0. The number of ether oxygens (including phenoxy) is 1. The molecule has 0 saturated heterocycles. The van der Waals surface area contributed by atoms with Crippen LogP contribution in [0.25, 0.3) is 0 Å². The van der Waals surface area contributed by atoms with Crippen molar-refractivity contribution in [2.45, 2.75) is 26.3 Å². The number of nitriles is 1. The van der Waals surface area contributed by atoms with Crippen LogP contribution in [0.3, 0.4) is 0 Å². The molecule has 0 bridgehead atoms. The van der Waals surface area contributed by atoms with Crippen molar-refractivity contribution in [3.8, 4) is 11.8 Å². The van der Waals surface area contributed by atoms with E-state index < -0.39 is 29.7 Å². The second-order valence-corrected chi connectivity index (χ2v) is 4.81. The number of carbonyl (C=O) groups is 3. The lowest BCUT2D eigenvalue weighted by atomic mass is 9.98. The van der Waals surface area contributed by atoms with Crippen molar-refractivity contribution in [1.29, 1.82) is 5.26 Å². The number of primary amides is 1. The van der Waals surface area contributed by atoms with Crippen LogP contribution < -0.4 is 15.8 Å². The summed E-state index contributed by atoms with van der Waals surface area (Å²) in [5, 5.41) is 11.2. The van der Waals surface area contributed by atoms with Gasteiger partial charge in [-0.1, -0.05) is 6.92 Å². The van der Waals surface area contributed by atoms with Crippen LogP contribution in [0.4, 0.5) is 0 Å². The normalized spacial score (nSPS) is 12.6. The van der Waals surface area contributed by atoms with Crippen molar-refractivity contribution < 1.29 is 19.1 Å². The molecule has 1 rings (SSSR count). The molecule has 0 spiro atoms. The Morgan fingerprint density at radius 3 is 2.36 bits per heavy atom. The van der Waals surface area contributed by atoms with Gasteiger partial charge in [0.05, 0.1) is 6.07 Å². The Kier molecular flexibility index (Phi) is 6.08. The summed E-state index contributed by atoms with van der Waals surface area (Å²) in [4.78, 5) is 34.3. The zero-order valence-electron chi connectivity index (χ0n) is 12.3. The largest absolute Gasteiger partial charge is 0.427 e. The molecule has 1 aromatic rings. The van der Waals surface area contributed by atoms with Crippen LogP contribution >= 0.6 is 0 Å². The minimum atomic E-state index is -0.930. The van der Waals surface area contributed by atoms with Crippen LogP contribution in [-0.2, 0) is 9.59 Å². The first-order chi connectivity index (χ1) is 10.3. The van der Waals surface area contributed by atoms with Crippen LogP contribution in [0.15, 0.2) is 24.3 Å². The summed E-state index contributed by atoms with van der Waals surface area (Å²) < 4.78 is 4.86. The van der Waals surface area contributed by atoms with Gasteiger partial charge in [0.2, 0.25) is 5.91 Å². The molecule has 0 radical (unpaired) electrons. The Balaban J connectivity index is 2.80. The van der Waals surface area contributed by atoms with Gasteiger partial charge in [-0.3, -0.25) is 14.4 Å². The van der Waals surface area contributed by atoms with Crippen LogP contribution in [0, 0.1) is 17.2 Å². The fraction of sp³-hybridized carbons (Fsp3) is 0.333. The molecule has 2 amide bonds. The number of esters is 1. The Labute approximate surface area is 128 Å². The molecular formula is C15H17N3O4. The standard InChI is InChI=1S/C15H17N3O4/c1-9(7-8-16)13(14(17)20)18-15(21)11-3-5-12(6-4-11)22-10(2)19/h3-6,9,13H,7H2,1-2H3,(H2,17,20)(H,18,21)/t9-,13-/m1/s1. The second-order valence-electron chi connectivity index (χ2n) is 4.81. The molecule has 0 saturated carbocycles. The molecule has 7 heteroatoms. The van der Waals surface area contributed by atoms with Gasteiger partial charge in [-0.2, -0.15) is 5.26 Å². The highest BCUT2D eigenvalue weighted by atomic mass is 16.5. The highest BCUT2D eigenvalue weighted by molar-refractivity contribution is 5.97. The number of benzene rings is 1. The van der Waals surface area contributed by atoms with E-state index in [9.17, 15) is 14.4 Å². The minimum Gasteiger partial charge on any atom is -0.427 e. The zero-order chi connectivity index (χ0) is 16.7. The van der Waals surface area contributed by atoms with Crippen LogP contribution in [-0.4, -0.2) is 23.8 Å². The van der Waals surface area contributed by atoms with Gasteiger partial charge in [0.25, 0.3) is 5.91 Å². The lowest BCUT2D eigenvalue weighted by molar-refractivity contribution is -0.131. The number of amides is 2. The number of nitrogens with one attached hydrogen (secondary N) is 1. The average Bonchev–Trinajstić information content (AvgIpc) is 2.44. The summed E-state index contributed by atoms with van der Waals surface area (Å²) in [6.07, 6.45) is 0.0965. The van der Waals surface area contributed by atoms with E-state index in [4.69, 9.17) is 15.7 Å². The van der Waals surface area contributed by atoms with Gasteiger partial charge in [-0.25, -0.2) is 0 Å². The Morgan fingerprint density at radius 1 is 1.32 bits per heavy atom. The molecule has 2 atom stereocenters. The number of hydrogen-bond donors (Lipinski definition) is 2. The molecule has 0 aromatic heterocycles. The molecule has 0 aliphatic heterocycles. The first kappa shape index (κ1) is 17.2. The third-order valence-electron chi connectivity index (χ3n) is 2.95. The predicted octanol–water partition coefficient (Wildman–Crippen LogP) is 0.745. The maximum atomic E-state index is 12.1. The lowest BCUT2D eigenvalue weighted by Crippen LogP contribution is -2.48. The molecule has 116 valence electrons. The molecule has 0 heterocycles. The number of nitrogens with two attached hydrogens (primary N) is 1. The average molecular weight is 303 g/mol. The molecule has 22 heavy (non-hydrogen) atoms. The molecule has 0 aliphatic carbocycles. The van der Waals surface area contributed by atoms with Crippen molar-refractivity contribution in [2.24, 2.45) is 11.7 Å². The van der Waals surface area contributed by atoms with Crippen LogP contribution in [0.1, 0.15) is 30.6 Å². The van der Waals surface area contributed by atoms with E-state index in [0.717, 1.165) is 0 Å². The summed E-state index contributed by atoms with van der Waals surface area (Å²) in [6.45, 7) is 2.93. The number of carbonyl (C=O) groups excluding carboxylic acids is 3. The van der Waals surface area contributed by atoms with Crippen molar-refractivity contribution >= 4 is 17.8 Å². The summed E-state index contributed by atoms with van der Waals surface area (Å²) >= 11 is 0. The van der Waals surface area contributed by atoms with Crippen molar-refractivity contribution in [1.82, 2.24) is 5.32 Å². The highest BCUT2D eigenvalue weighted by Crippen LogP contribution is 2.13. The van der Waals surface area contributed by atoms with Crippen LogP contribution in [0.2, 0.25) is 0 Å². The first-order valence-corrected chi connectivity index (χ1v) is 6.60. The van der Waals surface area contributed by atoms with E-state index in [1.54, 1.807) is 6.92 Å². The number of hydrogen-bond acceptors (Lipinski definition) is 5. The molecule has 3 N–H and O–H groups in total. The van der Waals surface area contributed by atoms with Crippen molar-refractivity contribution in [3.63, 3.8) is 0 Å². The number of rotatable bonds is 6. The fourth-order valence-electron chi connectivity index (χ4n) is 1.82. The van der Waals surface area contributed by atoms with Crippen molar-refractivity contribution in [3.05, 3.63) is 29.8 Å². The quantitative estimate of drug-likeness (QED) is 0.593. The van der Waals surface area contributed by atoms with E-state index in [1.165, 1.54) is 31.2 Å². The van der Waals surface area contributed by atoms with Gasteiger partial charge >= 0.3 is 5.97 Å². The smallest absolute Gasteiger partial charge is 0.308 e. The zero-order valence-corrected chi connectivity index (χ0v) is 12.3. The monoisotopic (exact) mass is 303 g/mol. The van der Waals surface area contributed by atoms with Gasteiger partial charge in [0.1, 0.15) is 11.8 Å². The lowest BCUT2D eigenvalue weighted by Gasteiger charge is -2.20. The first-order valence-electron chi connectivity index (χ1n) is 6.60. The molecule has 1 aromatic carbocycles. The fourth-order valence-corrected chi connectivity index (χ4v) is 1.82. The van der Waals surface area contributed by atoms with E-state index in [0.29, 0.717) is 5.75 Å². The third kappa shape index (κ3) is 4.90. The van der Waals surface area contributed by atoms with E-state index in [1.807, 2.05) is 6.07 Å². The van der Waals surface area contributed by atoms with Gasteiger partial charge in [0.15, 0.2) is 0 Å². The van der Waals surface area contributed by atoms with Gasteiger partial charge in [-0.05, 0) is 30.2 Å². The molecule has 0 aliphatic rings. The Morgan fingerprint density at radius 2 is 1.91 bits per heavy atom. The number of nitrogens with zero attached hydrogens (tertiary/aromatic N) is 1. The van der Waals surface area contributed by atoms with E-state index in [2.05, 4.69) is 5.32 Å². The summed E-state index contributed by atoms with van der Waals surface area (Å²) in [6, 6.07) is 6.85. The molecule has 0 unspecified atom stereocenters. The topological polar surface area (TPSA) is 122 Å². The summed E-state index contributed by atoms with van der Waals surface area (Å²) in [5.74, 6) is -1.74.